The summed E-state index contributed by atoms with van der Waals surface area (Å²) in [7, 11) is -3.87. The maximum atomic E-state index is 15.3. The Bertz CT molecular complexity index is 4190. The fraction of sp³-hybridized carbons (Fsp3) is 0.311. The number of hydrogen-bond acceptors (Lipinski definition) is 16. The smallest absolute Gasteiger partial charge is 0.140 e. The van der Waals surface area contributed by atoms with Crippen molar-refractivity contribution in [3.63, 3.8) is 0 Å². The topological polar surface area (TPSA) is 86.6 Å². The molecule has 1 saturated heterocycles. The molecule has 0 aliphatic carbocycles. The van der Waals surface area contributed by atoms with Crippen LogP contribution in [0.3, 0.4) is 0 Å². The van der Waals surface area contributed by atoms with Crippen LogP contribution in [0.4, 0.5) is 13.2 Å². The monoisotopic (exact) mass is 1650 g/mol. The number of halogens is 4. The summed E-state index contributed by atoms with van der Waals surface area (Å²) < 4.78 is 83.2. The predicted molar refractivity (Wildman–Crippen MR) is 396 cm³/mol. The van der Waals surface area contributed by atoms with Crippen molar-refractivity contribution in [3.8, 4) is 52.2 Å². The van der Waals surface area contributed by atoms with E-state index in [0.29, 0.717) is 32.1 Å². The van der Waals surface area contributed by atoms with Gasteiger partial charge in [0.2, 0.25) is 0 Å². The second-order valence-electron chi connectivity index (χ2n) is 25.8. The van der Waals surface area contributed by atoms with Gasteiger partial charge in [0.1, 0.15) is 33.7 Å². The molecular formula is C61H70BrF3N6OS9Si3Sn2. The zero-order valence-corrected chi connectivity index (χ0v) is 68.6. The van der Waals surface area contributed by atoms with Crippen molar-refractivity contribution in [2.24, 2.45) is 0 Å². The van der Waals surface area contributed by atoms with Gasteiger partial charge < -0.3 is 4.74 Å². The van der Waals surface area contributed by atoms with Gasteiger partial charge >= 0.3 is 276 Å². The van der Waals surface area contributed by atoms with Crippen LogP contribution in [0, 0.1) is 17.5 Å². The first kappa shape index (κ1) is 68.2. The molecule has 13 rings (SSSR count). The van der Waals surface area contributed by atoms with Gasteiger partial charge in [-0.3, -0.25) is 0 Å². The summed E-state index contributed by atoms with van der Waals surface area (Å²) in [5.74, 6) is -0.723. The number of hydrogen-bond donors (Lipinski definition) is 0. The maximum Gasteiger partial charge on any atom is 0.140 e. The Morgan fingerprint density at radius 3 is 1.14 bits per heavy atom. The van der Waals surface area contributed by atoms with Crippen molar-refractivity contribution < 1.29 is 17.9 Å². The standard InChI is InChI=1S/C17H15FN2S3Si.C17H14FN2S3Si.C10H4BrFN2S2.C7H11SSi.C4H8O.6CH3.2Sn/c2*1-24(2,3)14-7-6-13(22-14)15-11(18)9-10(12-5-4-8-21-12)16-17(15)20-23-19-16;11-8-6(12)4-5(7-2-1-3-15-7)9-10(8)14-16-13-9;1-9(2,3)7-5-4-6-8-7;1-2-4-5-3-1;;;;;;;;/h4-9H,1-3H3;4-7,9H,1-3H3;1-4H;4-5H,1-3H3;1-4H2;6*1H3;;. The molecule has 1 aliphatic heterocycles. The van der Waals surface area contributed by atoms with Crippen LogP contribution in [-0.2, 0) is 4.74 Å². The summed E-state index contributed by atoms with van der Waals surface area (Å²) in [5.41, 5.74) is 8.03. The first-order chi connectivity index (χ1) is 40.5. The molecule has 0 amide bonds. The molecule has 0 N–H and O–H groups in total. The first-order valence-electron chi connectivity index (χ1n) is 28.1. The second-order valence-corrected chi connectivity index (χ2v) is 81.5. The van der Waals surface area contributed by atoms with Crippen molar-refractivity contribution in [3.05, 3.63) is 124 Å². The number of rotatable bonds is 10. The SMILES string of the molecule is C1CCOC1.C[Si](C)(C)c1cc[c]([Sn]([CH3])([CH3])[CH3])s1.C[Si](C)(C)c1ccc(-c2c(F)cc(-c3cc[c]([Sn]([CH3])([CH3])[CH3])s3)c3nsnc23)s1.C[Si](C)(C)c1ccc(-c2c(F)cc(-c3cccs3)c3nsnc23)s1.Fc1cc(-c2cccs2)c2nsnc2c1Br. The molecule has 0 atom stereocenters. The molecule has 7 nitrogen and oxygen atoms in total. The van der Waals surface area contributed by atoms with E-state index in [1.54, 1.807) is 76.2 Å². The van der Waals surface area contributed by atoms with Gasteiger partial charge in [-0.15, -0.1) is 34.0 Å². The molecule has 0 spiro atoms. The summed E-state index contributed by atoms with van der Waals surface area (Å²) >= 11 is 13.2. The van der Waals surface area contributed by atoms with E-state index >= 15 is 8.78 Å². The van der Waals surface area contributed by atoms with E-state index in [1.807, 2.05) is 47.2 Å². The molecule has 86 heavy (non-hydrogen) atoms. The number of thiophene rings is 6. The Balaban J connectivity index is 0.000000138. The van der Waals surface area contributed by atoms with Crippen LogP contribution in [0.5, 0.6) is 0 Å². The number of nitrogens with zero attached hydrogens (tertiary/aromatic N) is 6. The summed E-state index contributed by atoms with van der Waals surface area (Å²) in [4.78, 5) is 19.7. The van der Waals surface area contributed by atoms with Crippen molar-refractivity contribution in [1.29, 1.82) is 0 Å². The van der Waals surface area contributed by atoms with Gasteiger partial charge in [-0.05, 0) is 74.4 Å². The van der Waals surface area contributed by atoms with Gasteiger partial charge in [-0.2, -0.15) is 17.5 Å². The molecule has 10 heterocycles. The number of benzene rings is 3. The van der Waals surface area contributed by atoms with Crippen LogP contribution in [0.25, 0.3) is 85.3 Å². The van der Waals surface area contributed by atoms with Crippen LogP contribution in [-0.4, -0.2) is 100 Å². The van der Waals surface area contributed by atoms with Gasteiger partial charge in [-0.25, -0.2) is 8.78 Å². The first-order valence-corrected chi connectivity index (χ1v) is 66.6. The number of ether oxygens (including phenoxy) is 1. The maximum absolute atomic E-state index is 15.3. The minimum atomic E-state index is -2.14. The van der Waals surface area contributed by atoms with Crippen LogP contribution >= 0.6 is 119 Å². The van der Waals surface area contributed by atoms with Gasteiger partial charge in [0.25, 0.3) is 0 Å². The molecule has 0 unspecified atom stereocenters. The molecular weight excluding hydrogens is 1580 g/mol. The van der Waals surface area contributed by atoms with Crippen LogP contribution < -0.4 is 19.3 Å². The molecule has 9 aromatic heterocycles. The average Bonchev–Trinajstić information content (AvgIpc) is 1.68. The van der Waals surface area contributed by atoms with Gasteiger partial charge in [0.05, 0.1) is 41.6 Å². The Morgan fingerprint density at radius 2 is 0.779 bits per heavy atom. The zero-order valence-electron chi connectivity index (χ0n) is 50.9. The summed E-state index contributed by atoms with van der Waals surface area (Å²) in [5, 5.41) is 3.95. The van der Waals surface area contributed by atoms with Gasteiger partial charge in [0, 0.05) is 39.0 Å². The quantitative estimate of drug-likeness (QED) is 0.126. The van der Waals surface area contributed by atoms with E-state index in [-0.39, 0.29) is 17.5 Å². The van der Waals surface area contributed by atoms with E-state index in [1.165, 1.54) is 42.5 Å². The van der Waals surface area contributed by atoms with E-state index in [9.17, 15) is 4.39 Å². The average molecular weight is 1650 g/mol. The fourth-order valence-corrected chi connectivity index (χ4v) is 33.8. The second kappa shape index (κ2) is 28.3. The van der Waals surface area contributed by atoms with Crippen molar-refractivity contribution in [2.75, 3.05) is 13.2 Å². The molecule has 452 valence electrons. The van der Waals surface area contributed by atoms with Crippen molar-refractivity contribution >= 4 is 232 Å². The Morgan fingerprint density at radius 1 is 0.419 bits per heavy atom. The molecule has 1 fully saturated rings. The Labute approximate surface area is 560 Å². The third kappa shape index (κ3) is 16.3. The van der Waals surface area contributed by atoms with Gasteiger partial charge in [-0.1, -0.05) is 37.8 Å². The molecule has 0 bridgehead atoms. The van der Waals surface area contributed by atoms with E-state index in [4.69, 9.17) is 4.74 Å². The molecule has 1 aliphatic rings. The minimum Gasteiger partial charge on any atom is -0.206 e. The van der Waals surface area contributed by atoms with Crippen molar-refractivity contribution in [1.82, 2.24) is 26.2 Å². The van der Waals surface area contributed by atoms with Crippen molar-refractivity contribution in [2.45, 2.75) is 101 Å². The molecule has 0 radical (unpaired) electrons. The summed E-state index contributed by atoms with van der Waals surface area (Å²) in [6, 6.07) is 30.1. The Hall–Kier alpha value is -2.20. The number of fused-ring (bicyclic) bond motifs is 3. The molecule has 0 saturated carbocycles. The van der Waals surface area contributed by atoms with Crippen LogP contribution in [0.15, 0.2) is 106 Å². The number of aromatic nitrogens is 6. The fourth-order valence-electron chi connectivity index (χ4n) is 8.89. The molecule has 12 aromatic rings. The summed E-state index contributed by atoms with van der Waals surface area (Å²) in [6.45, 7) is 23.2. The molecule has 3 aromatic carbocycles. The van der Waals surface area contributed by atoms with E-state index < -0.39 is 61.0 Å². The third-order valence-corrected chi connectivity index (χ3v) is 52.0. The van der Waals surface area contributed by atoms with Gasteiger partial charge in [0.15, 0.2) is 0 Å². The van der Waals surface area contributed by atoms with Crippen LogP contribution in [0.2, 0.25) is 88.6 Å². The predicted octanol–water partition coefficient (Wildman–Crippen LogP) is 20.2. The Kier molecular flexibility index (Phi) is 22.5. The summed E-state index contributed by atoms with van der Waals surface area (Å²) in [6.07, 6.45) is 2.56. The van der Waals surface area contributed by atoms with E-state index in [0.717, 1.165) is 94.3 Å². The molecule has 25 heteroatoms. The third-order valence-electron chi connectivity index (χ3n) is 13.7. The normalized spacial score (nSPS) is 13.1. The van der Waals surface area contributed by atoms with E-state index in [2.05, 4.69) is 178 Å². The largest absolute Gasteiger partial charge is 0.206 e. The van der Waals surface area contributed by atoms with Crippen LogP contribution in [0.1, 0.15) is 12.8 Å². The minimum absolute atomic E-state index is 0.201. The zero-order chi connectivity index (χ0) is 62.1.